The van der Waals surface area contributed by atoms with Gasteiger partial charge < -0.3 is 15.5 Å². The first kappa shape index (κ1) is 20.6. The number of aryl methyl sites for hydroxylation is 1. The summed E-state index contributed by atoms with van der Waals surface area (Å²) < 4.78 is 0. The van der Waals surface area contributed by atoms with Crippen LogP contribution >= 0.6 is 0 Å². The lowest BCUT2D eigenvalue weighted by molar-refractivity contribution is -0.134. The normalized spacial score (nSPS) is 19.7. The van der Waals surface area contributed by atoms with E-state index in [1.807, 2.05) is 24.3 Å². The van der Waals surface area contributed by atoms with Gasteiger partial charge in [0.05, 0.1) is 0 Å². The number of fused-ring (bicyclic) bond motifs is 1. The van der Waals surface area contributed by atoms with Crippen LogP contribution in [0.15, 0.2) is 48.5 Å². The van der Waals surface area contributed by atoms with Gasteiger partial charge in [-0.25, -0.2) is 4.79 Å². The van der Waals surface area contributed by atoms with Gasteiger partial charge >= 0.3 is 6.03 Å². The van der Waals surface area contributed by atoms with Gasteiger partial charge in [-0.3, -0.25) is 19.3 Å². The Labute approximate surface area is 180 Å². The van der Waals surface area contributed by atoms with Crippen molar-refractivity contribution in [2.45, 2.75) is 24.8 Å². The molecule has 2 N–H and O–H groups in total. The van der Waals surface area contributed by atoms with E-state index < -0.39 is 17.5 Å². The van der Waals surface area contributed by atoms with E-state index in [-0.39, 0.29) is 18.4 Å². The summed E-state index contributed by atoms with van der Waals surface area (Å²) in [6.07, 6.45) is 1.61. The van der Waals surface area contributed by atoms with Crippen molar-refractivity contribution < 1.29 is 19.2 Å². The Kier molecular flexibility index (Phi) is 5.22. The molecule has 2 aromatic carbocycles. The van der Waals surface area contributed by atoms with Gasteiger partial charge in [0.15, 0.2) is 0 Å². The number of nitrogens with one attached hydrogen (secondary N) is 2. The average molecular weight is 420 g/mol. The number of nitrogens with zero attached hydrogens (tertiary/aromatic N) is 2. The molecule has 2 aliphatic rings. The number of imide groups is 1. The number of hydrogen-bond acceptors (Lipinski definition) is 4. The zero-order chi connectivity index (χ0) is 22.2. The molecule has 1 aliphatic carbocycles. The lowest BCUT2D eigenvalue weighted by atomic mass is 9.78. The van der Waals surface area contributed by atoms with E-state index in [9.17, 15) is 19.2 Å². The van der Waals surface area contributed by atoms with Crippen LogP contribution in [0.1, 0.15) is 27.9 Å². The van der Waals surface area contributed by atoms with Gasteiger partial charge in [0.2, 0.25) is 5.91 Å². The van der Waals surface area contributed by atoms with Crippen LogP contribution in [0.25, 0.3) is 0 Å². The molecule has 0 saturated carbocycles. The quantitative estimate of drug-likeness (QED) is 0.737. The minimum absolute atomic E-state index is 0.190. The van der Waals surface area contributed by atoms with Gasteiger partial charge in [-0.1, -0.05) is 30.3 Å². The number of hydrogen-bond donors (Lipinski definition) is 2. The average Bonchev–Trinajstić information content (AvgIpc) is 2.97. The molecule has 0 bridgehead atoms. The summed E-state index contributed by atoms with van der Waals surface area (Å²) in [5.74, 6) is -1.07. The highest BCUT2D eigenvalue weighted by Crippen LogP contribution is 2.33. The van der Waals surface area contributed by atoms with E-state index in [1.165, 1.54) is 10.5 Å². The number of urea groups is 1. The van der Waals surface area contributed by atoms with Crippen molar-refractivity contribution in [1.82, 2.24) is 15.1 Å². The summed E-state index contributed by atoms with van der Waals surface area (Å²) >= 11 is 0. The summed E-state index contributed by atoms with van der Waals surface area (Å²) in [5, 5.41) is 5.49. The van der Waals surface area contributed by atoms with Crippen molar-refractivity contribution in [2.24, 2.45) is 0 Å². The fourth-order valence-electron chi connectivity index (χ4n) is 4.18. The first-order valence-electron chi connectivity index (χ1n) is 10.1. The molecule has 0 radical (unpaired) electrons. The molecule has 8 nitrogen and oxygen atoms in total. The zero-order valence-electron chi connectivity index (χ0n) is 17.5. The van der Waals surface area contributed by atoms with E-state index in [1.54, 1.807) is 38.4 Å². The standard InChI is InChI=1S/C23H24N4O4/c1-26(2)20(29)16-8-5-9-18(12-16)24-19(28)14-27-21(30)23(25-22(27)31)11-10-15-6-3-4-7-17(15)13-23/h3-9,12H,10-11,13-14H2,1-2H3,(H,24,28)(H,25,31). The Morgan fingerprint density at radius 2 is 1.84 bits per heavy atom. The molecule has 1 saturated heterocycles. The number of amides is 5. The molecule has 5 amide bonds. The Morgan fingerprint density at radius 1 is 1.10 bits per heavy atom. The lowest BCUT2D eigenvalue weighted by Gasteiger charge is -2.32. The van der Waals surface area contributed by atoms with E-state index in [0.717, 1.165) is 10.5 Å². The number of anilines is 1. The molecule has 1 fully saturated rings. The number of carbonyl (C=O) groups is 4. The summed E-state index contributed by atoms with van der Waals surface area (Å²) in [6, 6.07) is 13.8. The van der Waals surface area contributed by atoms with Crippen LogP contribution in [0.2, 0.25) is 0 Å². The van der Waals surface area contributed by atoms with Gasteiger partial charge in [-0.2, -0.15) is 0 Å². The maximum absolute atomic E-state index is 13.1. The first-order chi connectivity index (χ1) is 14.8. The van der Waals surface area contributed by atoms with Crippen LogP contribution in [0.3, 0.4) is 0 Å². The second-order valence-corrected chi connectivity index (χ2v) is 8.18. The van der Waals surface area contributed by atoms with Crippen LogP contribution in [0.5, 0.6) is 0 Å². The minimum atomic E-state index is -0.996. The molecular formula is C23H24N4O4. The molecule has 8 heteroatoms. The molecule has 31 heavy (non-hydrogen) atoms. The minimum Gasteiger partial charge on any atom is -0.345 e. The van der Waals surface area contributed by atoms with Crippen LogP contribution < -0.4 is 10.6 Å². The molecular weight excluding hydrogens is 396 g/mol. The van der Waals surface area contributed by atoms with Crippen LogP contribution in [-0.4, -0.2) is 59.7 Å². The Balaban J connectivity index is 1.45. The molecule has 2 aromatic rings. The Hall–Kier alpha value is -3.68. The Morgan fingerprint density at radius 3 is 2.58 bits per heavy atom. The predicted octanol–water partition coefficient (Wildman–Crippen LogP) is 1.81. The highest BCUT2D eigenvalue weighted by Gasteiger charge is 2.52. The summed E-state index contributed by atoms with van der Waals surface area (Å²) in [5.41, 5.74) is 2.07. The fourth-order valence-corrected chi connectivity index (χ4v) is 4.18. The van der Waals surface area contributed by atoms with Crippen molar-refractivity contribution in [3.05, 3.63) is 65.2 Å². The van der Waals surface area contributed by atoms with Gasteiger partial charge in [0.1, 0.15) is 12.1 Å². The third kappa shape index (κ3) is 3.88. The molecule has 160 valence electrons. The molecule has 4 rings (SSSR count). The summed E-state index contributed by atoms with van der Waals surface area (Å²) in [4.78, 5) is 52.7. The van der Waals surface area contributed by atoms with Crippen molar-refractivity contribution in [3.63, 3.8) is 0 Å². The van der Waals surface area contributed by atoms with Crippen LogP contribution in [0, 0.1) is 0 Å². The maximum atomic E-state index is 13.1. The van der Waals surface area contributed by atoms with E-state index in [4.69, 9.17) is 0 Å². The second kappa shape index (κ2) is 7.86. The SMILES string of the molecule is CN(C)C(=O)c1cccc(NC(=O)CN2C(=O)NC3(CCc4ccccc4C3)C2=O)c1. The van der Waals surface area contributed by atoms with Crippen LogP contribution in [-0.2, 0) is 22.4 Å². The van der Waals surface area contributed by atoms with Crippen molar-refractivity contribution >= 4 is 29.4 Å². The van der Waals surface area contributed by atoms with Crippen molar-refractivity contribution in [1.29, 1.82) is 0 Å². The first-order valence-corrected chi connectivity index (χ1v) is 10.1. The van der Waals surface area contributed by atoms with E-state index in [0.29, 0.717) is 30.5 Å². The predicted molar refractivity (Wildman–Crippen MR) is 115 cm³/mol. The molecule has 1 atom stereocenters. The highest BCUT2D eigenvalue weighted by molar-refractivity contribution is 6.10. The maximum Gasteiger partial charge on any atom is 0.325 e. The van der Waals surface area contributed by atoms with Gasteiger partial charge in [0, 0.05) is 31.8 Å². The van der Waals surface area contributed by atoms with E-state index in [2.05, 4.69) is 10.6 Å². The molecule has 1 spiro atoms. The van der Waals surface area contributed by atoms with Gasteiger partial charge in [-0.05, 0) is 42.2 Å². The topological polar surface area (TPSA) is 98.8 Å². The third-order valence-corrected chi connectivity index (χ3v) is 5.78. The number of rotatable bonds is 4. The smallest absolute Gasteiger partial charge is 0.325 e. The summed E-state index contributed by atoms with van der Waals surface area (Å²) in [7, 11) is 3.29. The van der Waals surface area contributed by atoms with Gasteiger partial charge in [0.25, 0.3) is 11.8 Å². The monoisotopic (exact) mass is 420 g/mol. The third-order valence-electron chi connectivity index (χ3n) is 5.78. The number of carbonyl (C=O) groups excluding carboxylic acids is 4. The van der Waals surface area contributed by atoms with E-state index >= 15 is 0 Å². The zero-order valence-corrected chi connectivity index (χ0v) is 17.5. The highest BCUT2D eigenvalue weighted by atomic mass is 16.2. The van der Waals surface area contributed by atoms with Gasteiger partial charge in [-0.15, -0.1) is 0 Å². The lowest BCUT2D eigenvalue weighted by Crippen LogP contribution is -2.51. The molecule has 0 aromatic heterocycles. The molecule has 1 unspecified atom stereocenters. The van der Waals surface area contributed by atoms with Crippen molar-refractivity contribution in [3.8, 4) is 0 Å². The van der Waals surface area contributed by atoms with Crippen molar-refractivity contribution in [2.75, 3.05) is 26.0 Å². The summed E-state index contributed by atoms with van der Waals surface area (Å²) in [6.45, 7) is -0.389. The van der Waals surface area contributed by atoms with Crippen LogP contribution in [0.4, 0.5) is 10.5 Å². The molecule has 1 heterocycles. The largest absolute Gasteiger partial charge is 0.345 e. The Bertz CT molecular complexity index is 1080. The second-order valence-electron chi connectivity index (χ2n) is 8.18. The molecule has 1 aliphatic heterocycles. The fraction of sp³-hybridized carbons (Fsp3) is 0.304. The number of benzene rings is 2.